The van der Waals surface area contributed by atoms with Crippen molar-refractivity contribution in [1.29, 1.82) is 0 Å². The zero-order valence-corrected chi connectivity index (χ0v) is 9.97. The molecule has 0 aliphatic heterocycles. The zero-order chi connectivity index (χ0) is 11.6. The van der Waals surface area contributed by atoms with Crippen molar-refractivity contribution in [2.75, 3.05) is 20.2 Å². The van der Waals surface area contributed by atoms with Crippen molar-refractivity contribution in [3.8, 4) is 0 Å². The van der Waals surface area contributed by atoms with Gasteiger partial charge in [0.25, 0.3) is 0 Å². The van der Waals surface area contributed by atoms with Gasteiger partial charge in [-0.25, -0.2) is 0 Å². The number of rotatable bonds is 6. The Kier molecular flexibility index (Phi) is 10.8. The highest BCUT2D eigenvalue weighted by atomic mass is 16.5. The lowest BCUT2D eigenvalue weighted by Crippen LogP contribution is -2.18. The van der Waals surface area contributed by atoms with E-state index in [0.717, 1.165) is 12.1 Å². The summed E-state index contributed by atoms with van der Waals surface area (Å²) in [4.78, 5) is 1.93. The molecule has 0 saturated heterocycles. The van der Waals surface area contributed by atoms with Gasteiger partial charge >= 0.3 is 0 Å². The summed E-state index contributed by atoms with van der Waals surface area (Å²) in [6.45, 7) is 18.5. The Morgan fingerprint density at radius 2 is 1.86 bits per heavy atom. The van der Waals surface area contributed by atoms with Crippen LogP contribution >= 0.6 is 0 Å². The molecule has 0 aliphatic carbocycles. The van der Waals surface area contributed by atoms with Crippen LogP contribution in [0.4, 0.5) is 0 Å². The highest BCUT2D eigenvalue weighted by Gasteiger charge is 1.99. The van der Waals surface area contributed by atoms with Gasteiger partial charge < -0.3 is 9.64 Å². The number of hydrogen-bond acceptors (Lipinski definition) is 2. The summed E-state index contributed by atoms with van der Waals surface area (Å²) in [5, 5.41) is 0. The van der Waals surface area contributed by atoms with Crippen molar-refractivity contribution >= 4 is 0 Å². The Morgan fingerprint density at radius 1 is 1.36 bits per heavy atom. The van der Waals surface area contributed by atoms with E-state index in [2.05, 4.69) is 19.7 Å². The van der Waals surface area contributed by atoms with Crippen LogP contribution in [0.15, 0.2) is 37.3 Å². The molecule has 0 spiro atoms. The molecule has 0 bridgehead atoms. The molecule has 2 nitrogen and oxygen atoms in total. The van der Waals surface area contributed by atoms with Crippen LogP contribution in [0.5, 0.6) is 0 Å². The summed E-state index contributed by atoms with van der Waals surface area (Å²) in [5.41, 5.74) is 0.862. The second kappa shape index (κ2) is 9.90. The van der Waals surface area contributed by atoms with Crippen LogP contribution < -0.4 is 0 Å². The predicted octanol–water partition coefficient (Wildman–Crippen LogP) is 3.19. The van der Waals surface area contributed by atoms with E-state index in [-0.39, 0.29) is 0 Å². The normalized spacial score (nSPS) is 8.00. The summed E-state index contributed by atoms with van der Waals surface area (Å²) in [6.07, 6.45) is 1.68. The van der Waals surface area contributed by atoms with Gasteiger partial charge in [0.15, 0.2) is 5.88 Å². The quantitative estimate of drug-likeness (QED) is 0.479. The third kappa shape index (κ3) is 7.47. The summed E-state index contributed by atoms with van der Waals surface area (Å²) >= 11 is 0. The molecule has 0 rings (SSSR count). The van der Waals surface area contributed by atoms with Crippen molar-refractivity contribution < 1.29 is 4.74 Å². The van der Waals surface area contributed by atoms with Crippen LogP contribution in [0.25, 0.3) is 0 Å². The summed E-state index contributed by atoms with van der Waals surface area (Å²) in [7, 11) is 1.93. The third-order valence-corrected chi connectivity index (χ3v) is 1.61. The van der Waals surface area contributed by atoms with Crippen LogP contribution in [-0.2, 0) is 4.74 Å². The van der Waals surface area contributed by atoms with Gasteiger partial charge in [0.1, 0.15) is 6.61 Å². The standard InChI is InChI=1S/C10H17NO.C2H6/c1-6-9(3)8-12-10(4)11(5)7-2;1-2/h6H,1,3-4,7-8H2,2,5H3;1-2H3. The van der Waals surface area contributed by atoms with Crippen molar-refractivity contribution in [3.05, 3.63) is 37.3 Å². The molecule has 0 atom stereocenters. The molecule has 0 aromatic carbocycles. The molecule has 0 amide bonds. The molecule has 0 radical (unpaired) electrons. The summed E-state index contributed by atoms with van der Waals surface area (Å²) in [6, 6.07) is 0. The van der Waals surface area contributed by atoms with E-state index in [1.165, 1.54) is 0 Å². The van der Waals surface area contributed by atoms with Crippen LogP contribution in [0.3, 0.4) is 0 Å². The number of nitrogens with zero attached hydrogens (tertiary/aromatic N) is 1. The molecule has 14 heavy (non-hydrogen) atoms. The largest absolute Gasteiger partial charge is 0.475 e. The first kappa shape index (κ1) is 15.3. The molecule has 0 N–H and O–H groups in total. The van der Waals surface area contributed by atoms with E-state index >= 15 is 0 Å². The Labute approximate surface area is 88.6 Å². The van der Waals surface area contributed by atoms with Gasteiger partial charge in [-0.05, 0) is 19.1 Å². The highest BCUT2D eigenvalue weighted by molar-refractivity contribution is 5.11. The van der Waals surface area contributed by atoms with Gasteiger partial charge in [-0.15, -0.1) is 0 Å². The molecular weight excluding hydrogens is 174 g/mol. The molecule has 0 saturated carbocycles. The molecule has 0 aromatic rings. The lowest BCUT2D eigenvalue weighted by atomic mass is 10.3. The minimum absolute atomic E-state index is 0.465. The van der Waals surface area contributed by atoms with Crippen LogP contribution in [0, 0.1) is 0 Å². The van der Waals surface area contributed by atoms with Gasteiger partial charge in [-0.1, -0.05) is 33.1 Å². The molecular formula is C12H23NO. The van der Waals surface area contributed by atoms with Crippen molar-refractivity contribution in [1.82, 2.24) is 4.90 Å². The predicted molar refractivity (Wildman–Crippen MR) is 64.1 cm³/mol. The van der Waals surface area contributed by atoms with E-state index in [4.69, 9.17) is 4.74 Å². The third-order valence-electron chi connectivity index (χ3n) is 1.61. The first-order valence-electron chi connectivity index (χ1n) is 4.94. The first-order chi connectivity index (χ1) is 6.61. The van der Waals surface area contributed by atoms with Crippen molar-refractivity contribution in [3.63, 3.8) is 0 Å². The maximum Gasteiger partial charge on any atom is 0.181 e. The van der Waals surface area contributed by atoms with Gasteiger partial charge in [0.2, 0.25) is 0 Å². The van der Waals surface area contributed by atoms with Crippen LogP contribution in [0.1, 0.15) is 20.8 Å². The molecule has 0 aromatic heterocycles. The maximum atomic E-state index is 5.31. The fourth-order valence-electron chi connectivity index (χ4n) is 0.521. The number of ether oxygens (including phenoxy) is 1. The molecule has 0 unspecified atom stereocenters. The van der Waals surface area contributed by atoms with Gasteiger partial charge in [-0.3, -0.25) is 0 Å². The maximum absolute atomic E-state index is 5.31. The van der Waals surface area contributed by atoms with Crippen LogP contribution in [-0.4, -0.2) is 25.1 Å². The van der Waals surface area contributed by atoms with E-state index in [1.54, 1.807) is 6.08 Å². The van der Waals surface area contributed by atoms with E-state index < -0.39 is 0 Å². The Hall–Kier alpha value is -1.18. The first-order valence-corrected chi connectivity index (χ1v) is 4.94. The molecule has 0 aliphatic rings. The van der Waals surface area contributed by atoms with Crippen molar-refractivity contribution in [2.24, 2.45) is 0 Å². The van der Waals surface area contributed by atoms with Gasteiger partial charge in [0, 0.05) is 13.6 Å². The van der Waals surface area contributed by atoms with Gasteiger partial charge in [-0.2, -0.15) is 0 Å². The average Bonchev–Trinajstić information content (AvgIpc) is 2.26. The second-order valence-electron chi connectivity index (χ2n) is 2.56. The SMILES string of the molecule is C=CC(=C)COC(=C)N(C)CC.CC. The molecule has 2 heteroatoms. The average molecular weight is 197 g/mol. The van der Waals surface area contributed by atoms with E-state index in [1.807, 2.05) is 32.7 Å². The monoisotopic (exact) mass is 197 g/mol. The minimum atomic E-state index is 0.465. The summed E-state index contributed by atoms with van der Waals surface area (Å²) in [5.74, 6) is 0.667. The Balaban J connectivity index is 0. The van der Waals surface area contributed by atoms with Gasteiger partial charge in [0.05, 0.1) is 0 Å². The molecule has 82 valence electrons. The van der Waals surface area contributed by atoms with E-state index in [9.17, 15) is 0 Å². The lowest BCUT2D eigenvalue weighted by molar-refractivity contribution is 0.151. The minimum Gasteiger partial charge on any atom is -0.475 e. The Morgan fingerprint density at radius 3 is 2.21 bits per heavy atom. The van der Waals surface area contributed by atoms with E-state index in [0.29, 0.717) is 12.5 Å². The summed E-state index contributed by atoms with van der Waals surface area (Å²) < 4.78 is 5.31. The molecule has 0 fully saturated rings. The Bertz CT molecular complexity index is 185. The topological polar surface area (TPSA) is 12.5 Å². The smallest absolute Gasteiger partial charge is 0.181 e. The number of hydrogen-bond donors (Lipinski definition) is 0. The fourth-order valence-corrected chi connectivity index (χ4v) is 0.521. The van der Waals surface area contributed by atoms with Crippen molar-refractivity contribution in [2.45, 2.75) is 20.8 Å². The highest BCUT2D eigenvalue weighted by Crippen LogP contribution is 2.02. The fraction of sp³-hybridized carbons (Fsp3) is 0.500. The molecule has 0 heterocycles. The zero-order valence-electron chi connectivity index (χ0n) is 9.97. The second-order valence-corrected chi connectivity index (χ2v) is 2.56. The van der Waals surface area contributed by atoms with Crippen LogP contribution in [0.2, 0.25) is 0 Å². The lowest BCUT2D eigenvalue weighted by Gasteiger charge is -2.19.